The maximum absolute atomic E-state index is 11.3. The molecule has 2 rings (SSSR count). The lowest BCUT2D eigenvalue weighted by Gasteiger charge is -2.28. The Morgan fingerprint density at radius 1 is 1.16 bits per heavy atom. The number of carbonyl (C=O) groups excluding carboxylic acids is 1. The number of benzene rings is 1. The minimum atomic E-state index is -0.470. The maximum Gasteiger partial charge on any atom is 0.252 e. The van der Waals surface area contributed by atoms with Crippen molar-refractivity contribution in [3.8, 4) is 5.75 Å². The van der Waals surface area contributed by atoms with Crippen LogP contribution in [-0.4, -0.2) is 18.1 Å². The van der Waals surface area contributed by atoms with E-state index in [0.717, 1.165) is 25.7 Å². The van der Waals surface area contributed by atoms with Crippen molar-refractivity contribution in [2.24, 2.45) is 11.5 Å². The Morgan fingerprint density at radius 3 is 2.42 bits per heavy atom. The lowest BCUT2D eigenvalue weighted by Crippen LogP contribution is -2.45. The Morgan fingerprint density at radius 2 is 1.79 bits per heavy atom. The lowest BCUT2D eigenvalue weighted by molar-refractivity contribution is 0.0993. The van der Waals surface area contributed by atoms with Crippen LogP contribution < -0.4 is 16.2 Å². The van der Waals surface area contributed by atoms with Crippen LogP contribution in [0.2, 0.25) is 0 Å². The van der Waals surface area contributed by atoms with E-state index < -0.39 is 5.91 Å². The Balaban J connectivity index is 2.03. The van der Waals surface area contributed by atoms with Gasteiger partial charge in [0.25, 0.3) is 5.91 Å². The molecule has 1 saturated carbocycles. The normalized spacial score (nSPS) is 18.6. The molecule has 1 aromatic carbocycles. The Kier molecular flexibility index (Phi) is 4.43. The molecule has 1 aliphatic carbocycles. The second kappa shape index (κ2) is 6.06. The number of amides is 1. The van der Waals surface area contributed by atoms with Gasteiger partial charge >= 0.3 is 0 Å². The SMILES string of the molecule is NC(=O)c1ccccc1OCC1(N)CCCCCC1. The Hall–Kier alpha value is -1.55. The zero-order valence-electron chi connectivity index (χ0n) is 11.2. The highest BCUT2D eigenvalue weighted by Gasteiger charge is 2.27. The molecule has 0 aromatic heterocycles. The topological polar surface area (TPSA) is 78.3 Å². The highest BCUT2D eigenvalue weighted by molar-refractivity contribution is 5.95. The highest BCUT2D eigenvalue weighted by atomic mass is 16.5. The molecule has 0 radical (unpaired) electrons. The number of rotatable bonds is 4. The third-order valence-corrected chi connectivity index (χ3v) is 3.77. The fraction of sp³-hybridized carbons (Fsp3) is 0.533. The van der Waals surface area contributed by atoms with Crippen molar-refractivity contribution in [1.29, 1.82) is 0 Å². The number of hydrogen-bond donors (Lipinski definition) is 2. The van der Waals surface area contributed by atoms with Crippen LogP contribution in [0.15, 0.2) is 24.3 Å². The summed E-state index contributed by atoms with van der Waals surface area (Å²) in [6, 6.07) is 7.04. The van der Waals surface area contributed by atoms with Gasteiger partial charge in [0.1, 0.15) is 12.4 Å². The Bertz CT molecular complexity index is 438. The molecular formula is C15H22N2O2. The first-order valence-corrected chi connectivity index (χ1v) is 6.91. The molecule has 0 bridgehead atoms. The van der Waals surface area contributed by atoms with E-state index in [1.807, 2.05) is 6.07 Å². The zero-order valence-corrected chi connectivity index (χ0v) is 11.2. The number of carbonyl (C=O) groups is 1. The van der Waals surface area contributed by atoms with E-state index in [2.05, 4.69) is 0 Å². The van der Waals surface area contributed by atoms with E-state index in [1.54, 1.807) is 18.2 Å². The standard InChI is InChI=1S/C15H22N2O2/c16-14(18)12-7-3-4-8-13(12)19-11-15(17)9-5-1-2-6-10-15/h3-4,7-8H,1-2,5-6,9-11,17H2,(H2,16,18). The van der Waals surface area contributed by atoms with E-state index in [4.69, 9.17) is 16.2 Å². The van der Waals surface area contributed by atoms with Gasteiger partial charge in [0.05, 0.1) is 11.1 Å². The highest BCUT2D eigenvalue weighted by Crippen LogP contribution is 2.26. The van der Waals surface area contributed by atoms with E-state index >= 15 is 0 Å². The van der Waals surface area contributed by atoms with Gasteiger partial charge < -0.3 is 16.2 Å². The lowest BCUT2D eigenvalue weighted by atomic mass is 9.92. The molecule has 0 spiro atoms. The molecule has 0 aliphatic heterocycles. The summed E-state index contributed by atoms with van der Waals surface area (Å²) in [5.41, 5.74) is 11.9. The summed E-state index contributed by atoms with van der Waals surface area (Å²) in [4.78, 5) is 11.3. The third-order valence-electron chi connectivity index (χ3n) is 3.77. The number of ether oxygens (including phenoxy) is 1. The molecule has 1 amide bonds. The molecule has 0 atom stereocenters. The predicted molar refractivity (Wildman–Crippen MR) is 75.1 cm³/mol. The molecule has 1 aliphatic rings. The molecule has 0 heterocycles. The maximum atomic E-state index is 11.3. The van der Waals surface area contributed by atoms with Crippen LogP contribution in [0.3, 0.4) is 0 Å². The minimum absolute atomic E-state index is 0.277. The van der Waals surface area contributed by atoms with Gasteiger partial charge in [-0.15, -0.1) is 0 Å². The van der Waals surface area contributed by atoms with Crippen LogP contribution in [0.25, 0.3) is 0 Å². The summed E-state index contributed by atoms with van der Waals surface area (Å²) in [5.74, 6) is 0.0617. The molecule has 19 heavy (non-hydrogen) atoms. The predicted octanol–water partition coefficient (Wildman–Crippen LogP) is 2.22. The van der Waals surface area contributed by atoms with Crippen molar-refractivity contribution < 1.29 is 9.53 Å². The fourth-order valence-electron chi connectivity index (χ4n) is 2.59. The Labute approximate surface area is 114 Å². The van der Waals surface area contributed by atoms with Gasteiger partial charge in [0.2, 0.25) is 0 Å². The van der Waals surface area contributed by atoms with Crippen LogP contribution in [0.4, 0.5) is 0 Å². The molecule has 4 heteroatoms. The minimum Gasteiger partial charge on any atom is -0.491 e. The number of hydrogen-bond acceptors (Lipinski definition) is 3. The van der Waals surface area contributed by atoms with E-state index in [-0.39, 0.29) is 5.54 Å². The molecule has 0 saturated heterocycles. The fourth-order valence-corrected chi connectivity index (χ4v) is 2.59. The molecule has 4 N–H and O–H groups in total. The van der Waals surface area contributed by atoms with Crippen molar-refractivity contribution in [2.75, 3.05) is 6.61 Å². The molecular weight excluding hydrogens is 240 g/mol. The van der Waals surface area contributed by atoms with Gasteiger partial charge in [-0.2, -0.15) is 0 Å². The first-order chi connectivity index (χ1) is 9.11. The van der Waals surface area contributed by atoms with Crippen molar-refractivity contribution in [3.63, 3.8) is 0 Å². The summed E-state index contributed by atoms with van der Waals surface area (Å²) in [6.07, 6.45) is 6.75. The van der Waals surface area contributed by atoms with E-state index in [0.29, 0.717) is 17.9 Å². The number of para-hydroxylation sites is 1. The quantitative estimate of drug-likeness (QED) is 0.817. The average Bonchev–Trinajstić information content (AvgIpc) is 2.62. The first kappa shape index (κ1) is 13.9. The van der Waals surface area contributed by atoms with Gasteiger partial charge in [0, 0.05) is 0 Å². The zero-order chi connectivity index (χ0) is 13.7. The van der Waals surface area contributed by atoms with E-state index in [1.165, 1.54) is 12.8 Å². The first-order valence-electron chi connectivity index (χ1n) is 6.91. The van der Waals surface area contributed by atoms with Gasteiger partial charge in [0.15, 0.2) is 0 Å². The third kappa shape index (κ3) is 3.70. The van der Waals surface area contributed by atoms with E-state index in [9.17, 15) is 4.79 Å². The molecule has 1 aromatic rings. The molecule has 104 valence electrons. The smallest absolute Gasteiger partial charge is 0.252 e. The van der Waals surface area contributed by atoms with Crippen LogP contribution in [0.5, 0.6) is 5.75 Å². The van der Waals surface area contributed by atoms with Crippen molar-refractivity contribution >= 4 is 5.91 Å². The van der Waals surface area contributed by atoms with Crippen LogP contribution in [-0.2, 0) is 0 Å². The number of primary amides is 1. The van der Waals surface area contributed by atoms with Gasteiger partial charge in [-0.25, -0.2) is 0 Å². The van der Waals surface area contributed by atoms with Gasteiger partial charge in [-0.05, 0) is 25.0 Å². The number of nitrogens with two attached hydrogens (primary N) is 2. The monoisotopic (exact) mass is 262 g/mol. The molecule has 1 fully saturated rings. The van der Waals surface area contributed by atoms with Crippen LogP contribution in [0.1, 0.15) is 48.9 Å². The second-order valence-corrected chi connectivity index (χ2v) is 5.43. The van der Waals surface area contributed by atoms with Crippen LogP contribution in [0, 0.1) is 0 Å². The summed E-state index contributed by atoms with van der Waals surface area (Å²) < 4.78 is 5.77. The van der Waals surface area contributed by atoms with Gasteiger partial charge in [-0.3, -0.25) is 4.79 Å². The van der Waals surface area contributed by atoms with Gasteiger partial charge in [-0.1, -0.05) is 37.8 Å². The van der Waals surface area contributed by atoms with Crippen LogP contribution >= 0.6 is 0 Å². The molecule has 0 unspecified atom stereocenters. The summed E-state index contributed by atoms with van der Waals surface area (Å²) in [6.45, 7) is 0.442. The summed E-state index contributed by atoms with van der Waals surface area (Å²) >= 11 is 0. The molecule has 4 nitrogen and oxygen atoms in total. The average molecular weight is 262 g/mol. The summed E-state index contributed by atoms with van der Waals surface area (Å²) in [7, 11) is 0. The van der Waals surface area contributed by atoms with Crippen molar-refractivity contribution in [1.82, 2.24) is 0 Å². The summed E-state index contributed by atoms with van der Waals surface area (Å²) in [5, 5.41) is 0. The second-order valence-electron chi connectivity index (χ2n) is 5.43. The largest absolute Gasteiger partial charge is 0.491 e. The van der Waals surface area contributed by atoms with Crippen molar-refractivity contribution in [2.45, 2.75) is 44.1 Å². The van der Waals surface area contributed by atoms with Crippen molar-refractivity contribution in [3.05, 3.63) is 29.8 Å².